The van der Waals surface area contributed by atoms with E-state index in [1.165, 1.54) is 20.9 Å². The summed E-state index contributed by atoms with van der Waals surface area (Å²) in [5.74, 6) is 0.914. The first kappa shape index (κ1) is 11.8. The Morgan fingerprint density at radius 3 is 2.78 bits per heavy atom. The van der Waals surface area contributed by atoms with Gasteiger partial charge in [-0.15, -0.1) is 11.3 Å². The van der Waals surface area contributed by atoms with Gasteiger partial charge in [0.2, 0.25) is 0 Å². The van der Waals surface area contributed by atoms with Crippen LogP contribution in [0.1, 0.15) is 26.9 Å². The van der Waals surface area contributed by atoms with E-state index in [0.29, 0.717) is 6.04 Å². The number of nitrogens with one attached hydrogen (secondary N) is 1. The van der Waals surface area contributed by atoms with E-state index in [2.05, 4.69) is 30.4 Å². The van der Waals surface area contributed by atoms with Crippen molar-refractivity contribution in [3.05, 3.63) is 51.2 Å². The van der Waals surface area contributed by atoms with E-state index < -0.39 is 0 Å². The van der Waals surface area contributed by atoms with Crippen LogP contribution in [0.4, 0.5) is 0 Å². The highest BCUT2D eigenvalue weighted by molar-refractivity contribution is 7.12. The van der Waals surface area contributed by atoms with Crippen LogP contribution in [0.25, 0.3) is 0 Å². The number of fused-ring (bicyclic) bond motifs is 1. The van der Waals surface area contributed by atoms with Crippen LogP contribution in [0.15, 0.2) is 30.3 Å². The molecule has 2 heterocycles. The van der Waals surface area contributed by atoms with Crippen LogP contribution in [-0.4, -0.2) is 13.7 Å². The Morgan fingerprint density at radius 1 is 1.28 bits per heavy atom. The lowest BCUT2D eigenvalue weighted by Gasteiger charge is -2.24. The maximum Gasteiger partial charge on any atom is 0.118 e. The maximum absolute atomic E-state index is 5.21. The molecule has 1 aliphatic rings. The number of methoxy groups -OCH3 is 1. The molecule has 1 aromatic heterocycles. The van der Waals surface area contributed by atoms with E-state index in [4.69, 9.17) is 4.74 Å². The number of ether oxygens (including phenoxy) is 1. The summed E-state index contributed by atoms with van der Waals surface area (Å²) in [6, 6.07) is 11.1. The van der Waals surface area contributed by atoms with Crippen molar-refractivity contribution >= 4 is 11.3 Å². The van der Waals surface area contributed by atoms with Gasteiger partial charge in [-0.2, -0.15) is 0 Å². The smallest absolute Gasteiger partial charge is 0.118 e. The fraction of sp³-hybridized carbons (Fsp3) is 0.333. The number of hydrogen-bond donors (Lipinski definition) is 1. The van der Waals surface area contributed by atoms with Gasteiger partial charge in [0.15, 0.2) is 0 Å². The zero-order valence-corrected chi connectivity index (χ0v) is 11.5. The Kier molecular flexibility index (Phi) is 3.10. The predicted octanol–water partition coefficient (Wildman–Crippen LogP) is 3.30. The lowest BCUT2D eigenvalue weighted by atomic mass is 9.97. The first-order valence-electron chi connectivity index (χ1n) is 6.24. The molecule has 1 aliphatic heterocycles. The number of thiophene rings is 1. The fourth-order valence-electron chi connectivity index (χ4n) is 2.53. The third-order valence-electron chi connectivity index (χ3n) is 3.42. The van der Waals surface area contributed by atoms with Gasteiger partial charge < -0.3 is 10.1 Å². The monoisotopic (exact) mass is 259 g/mol. The molecular weight excluding hydrogens is 242 g/mol. The average Bonchev–Trinajstić information content (AvgIpc) is 2.79. The molecule has 3 rings (SSSR count). The van der Waals surface area contributed by atoms with Gasteiger partial charge in [0.25, 0.3) is 0 Å². The van der Waals surface area contributed by atoms with Crippen LogP contribution in [0.2, 0.25) is 0 Å². The van der Waals surface area contributed by atoms with Gasteiger partial charge in [0.1, 0.15) is 5.75 Å². The number of hydrogen-bond acceptors (Lipinski definition) is 3. The van der Waals surface area contributed by atoms with E-state index >= 15 is 0 Å². The van der Waals surface area contributed by atoms with Crippen molar-refractivity contribution in [1.82, 2.24) is 5.32 Å². The van der Waals surface area contributed by atoms with Crippen molar-refractivity contribution in [3.63, 3.8) is 0 Å². The van der Waals surface area contributed by atoms with Crippen LogP contribution < -0.4 is 10.1 Å². The third-order valence-corrected chi connectivity index (χ3v) is 4.58. The first-order valence-corrected chi connectivity index (χ1v) is 7.06. The van der Waals surface area contributed by atoms with Crippen LogP contribution in [0.5, 0.6) is 5.75 Å². The van der Waals surface area contributed by atoms with Crippen LogP contribution >= 0.6 is 11.3 Å². The van der Waals surface area contributed by atoms with Crippen molar-refractivity contribution in [2.45, 2.75) is 19.4 Å². The topological polar surface area (TPSA) is 21.3 Å². The molecule has 1 atom stereocenters. The van der Waals surface area contributed by atoms with Gasteiger partial charge in [-0.3, -0.25) is 0 Å². The van der Waals surface area contributed by atoms with Gasteiger partial charge in [-0.1, -0.05) is 12.1 Å². The van der Waals surface area contributed by atoms with Crippen LogP contribution in [0, 0.1) is 6.92 Å². The molecule has 94 valence electrons. The Hall–Kier alpha value is -1.32. The van der Waals surface area contributed by atoms with Crippen molar-refractivity contribution in [2.24, 2.45) is 0 Å². The second-order valence-corrected chi connectivity index (χ2v) is 5.94. The van der Waals surface area contributed by atoms with Gasteiger partial charge in [0.05, 0.1) is 13.2 Å². The number of benzene rings is 1. The Balaban J connectivity index is 1.97. The van der Waals surface area contributed by atoms with E-state index in [1.54, 1.807) is 7.11 Å². The standard InChI is InChI=1S/C15H17NOS/c1-10-9-12-7-8-16-14(15(12)18-10)11-3-5-13(17-2)6-4-11/h3-6,9,14,16H,7-8H2,1-2H3. The molecule has 0 spiro atoms. The zero-order valence-electron chi connectivity index (χ0n) is 10.7. The lowest BCUT2D eigenvalue weighted by molar-refractivity contribution is 0.414. The van der Waals surface area contributed by atoms with Gasteiger partial charge >= 0.3 is 0 Å². The highest BCUT2D eigenvalue weighted by Crippen LogP contribution is 2.35. The minimum Gasteiger partial charge on any atom is -0.497 e. The molecule has 0 aliphatic carbocycles. The van der Waals surface area contributed by atoms with Crippen LogP contribution in [0.3, 0.4) is 0 Å². The second-order valence-electron chi connectivity index (χ2n) is 4.66. The summed E-state index contributed by atoms with van der Waals surface area (Å²) in [6.45, 7) is 3.24. The molecular formula is C15H17NOS. The summed E-state index contributed by atoms with van der Waals surface area (Å²) >= 11 is 1.91. The van der Waals surface area contributed by atoms with Gasteiger partial charge in [0, 0.05) is 16.3 Å². The summed E-state index contributed by atoms with van der Waals surface area (Å²) in [4.78, 5) is 2.88. The molecule has 0 amide bonds. The average molecular weight is 259 g/mol. The molecule has 0 bridgehead atoms. The summed E-state index contributed by atoms with van der Waals surface area (Å²) in [5.41, 5.74) is 2.83. The highest BCUT2D eigenvalue weighted by atomic mass is 32.1. The molecule has 3 heteroatoms. The van der Waals surface area contributed by atoms with Crippen molar-refractivity contribution in [2.75, 3.05) is 13.7 Å². The quantitative estimate of drug-likeness (QED) is 0.893. The van der Waals surface area contributed by atoms with Gasteiger partial charge in [-0.05, 0) is 42.7 Å². The van der Waals surface area contributed by atoms with Gasteiger partial charge in [-0.25, -0.2) is 0 Å². The molecule has 0 saturated carbocycles. The molecule has 0 radical (unpaired) electrons. The van der Waals surface area contributed by atoms with E-state index in [9.17, 15) is 0 Å². The third kappa shape index (κ3) is 2.04. The van der Waals surface area contributed by atoms with Crippen molar-refractivity contribution < 1.29 is 4.74 Å². The molecule has 1 aromatic carbocycles. The second kappa shape index (κ2) is 4.75. The zero-order chi connectivity index (χ0) is 12.5. The summed E-state index contributed by atoms with van der Waals surface area (Å²) in [5, 5.41) is 3.61. The van der Waals surface area contributed by atoms with Crippen molar-refractivity contribution in [1.29, 1.82) is 0 Å². The fourth-order valence-corrected chi connectivity index (χ4v) is 3.71. The predicted molar refractivity (Wildman–Crippen MR) is 75.6 cm³/mol. The number of rotatable bonds is 2. The normalized spacial score (nSPS) is 18.4. The molecule has 1 unspecified atom stereocenters. The SMILES string of the molecule is COc1ccc(C2NCCc3cc(C)sc32)cc1. The van der Waals surface area contributed by atoms with E-state index in [0.717, 1.165) is 18.7 Å². The molecule has 18 heavy (non-hydrogen) atoms. The molecule has 0 saturated heterocycles. The van der Waals surface area contributed by atoms with E-state index in [1.807, 2.05) is 23.5 Å². The summed E-state index contributed by atoms with van der Waals surface area (Å²) < 4.78 is 5.21. The number of aryl methyl sites for hydroxylation is 1. The Morgan fingerprint density at radius 2 is 2.06 bits per heavy atom. The highest BCUT2D eigenvalue weighted by Gasteiger charge is 2.23. The molecule has 2 nitrogen and oxygen atoms in total. The lowest BCUT2D eigenvalue weighted by Crippen LogP contribution is -2.29. The van der Waals surface area contributed by atoms with Crippen LogP contribution in [-0.2, 0) is 6.42 Å². The largest absolute Gasteiger partial charge is 0.497 e. The molecule has 0 fully saturated rings. The van der Waals surface area contributed by atoms with E-state index in [-0.39, 0.29) is 0 Å². The Bertz CT molecular complexity index is 544. The maximum atomic E-state index is 5.21. The summed E-state index contributed by atoms with van der Waals surface area (Å²) in [6.07, 6.45) is 1.15. The summed E-state index contributed by atoms with van der Waals surface area (Å²) in [7, 11) is 1.70. The Labute approximate surface area is 112 Å². The minimum atomic E-state index is 0.346. The van der Waals surface area contributed by atoms with Crippen molar-refractivity contribution in [3.8, 4) is 5.75 Å². The first-order chi connectivity index (χ1) is 8.78. The molecule has 2 aromatic rings. The minimum absolute atomic E-state index is 0.346. The molecule has 1 N–H and O–H groups in total.